The van der Waals surface area contributed by atoms with E-state index in [-0.39, 0.29) is 6.54 Å². The molecule has 0 amide bonds. The minimum atomic E-state index is -1.66. The van der Waals surface area contributed by atoms with Crippen LogP contribution < -0.4 is 10.6 Å². The monoisotopic (exact) mass is 403 g/mol. The Labute approximate surface area is 169 Å². The first-order chi connectivity index (χ1) is 13.7. The standard InChI is InChI=1S/C21H29N3O5/c1-11-8-14(23(2)9-15(26)20(28)21(29)16(27)10-25)19-17(18(11)22)12-6-4-5-7-13(12)24(19)3/h4-8,15-16,20-21,25-29H,9-10,22H2,1-3H3. The van der Waals surface area contributed by atoms with Crippen molar-refractivity contribution in [2.24, 2.45) is 7.05 Å². The highest BCUT2D eigenvalue weighted by Gasteiger charge is 2.31. The van der Waals surface area contributed by atoms with Crippen molar-refractivity contribution in [2.45, 2.75) is 31.3 Å². The Morgan fingerprint density at radius 3 is 2.34 bits per heavy atom. The molecule has 0 aliphatic carbocycles. The molecule has 0 aliphatic heterocycles. The second kappa shape index (κ2) is 8.17. The number of nitrogens with zero attached hydrogens (tertiary/aromatic N) is 2. The predicted octanol–water partition coefficient (Wildman–Crippen LogP) is 0.0942. The minimum Gasteiger partial charge on any atom is -0.398 e. The van der Waals surface area contributed by atoms with Crippen molar-refractivity contribution in [3.63, 3.8) is 0 Å². The largest absolute Gasteiger partial charge is 0.398 e. The fourth-order valence-electron chi connectivity index (χ4n) is 3.86. The van der Waals surface area contributed by atoms with E-state index >= 15 is 0 Å². The van der Waals surface area contributed by atoms with E-state index in [0.29, 0.717) is 5.69 Å². The Morgan fingerprint density at radius 1 is 1.07 bits per heavy atom. The van der Waals surface area contributed by atoms with Crippen molar-refractivity contribution in [1.82, 2.24) is 4.57 Å². The number of likely N-dealkylation sites (N-methyl/N-ethyl adjacent to an activating group) is 1. The summed E-state index contributed by atoms with van der Waals surface area (Å²) in [5, 5.41) is 50.8. The van der Waals surface area contributed by atoms with E-state index in [1.807, 2.05) is 48.9 Å². The quantitative estimate of drug-likeness (QED) is 0.308. The summed E-state index contributed by atoms with van der Waals surface area (Å²) in [6.45, 7) is 1.20. The Morgan fingerprint density at radius 2 is 1.69 bits per heavy atom. The molecule has 4 unspecified atom stereocenters. The number of aryl methyl sites for hydroxylation is 2. The number of nitrogen functional groups attached to an aromatic ring is 1. The summed E-state index contributed by atoms with van der Waals surface area (Å²) < 4.78 is 2.04. The number of hydrogen-bond donors (Lipinski definition) is 6. The zero-order chi connectivity index (χ0) is 21.5. The van der Waals surface area contributed by atoms with Gasteiger partial charge in [0, 0.05) is 42.6 Å². The highest BCUT2D eigenvalue weighted by atomic mass is 16.4. The first-order valence-corrected chi connectivity index (χ1v) is 9.49. The molecule has 0 saturated carbocycles. The Kier molecular flexibility index (Phi) is 6.02. The smallest absolute Gasteiger partial charge is 0.111 e. The maximum absolute atomic E-state index is 10.4. The van der Waals surface area contributed by atoms with Crippen LogP contribution in [-0.4, -0.2) is 74.7 Å². The number of aliphatic hydroxyl groups excluding tert-OH is 5. The molecule has 0 saturated heterocycles. The summed E-state index contributed by atoms with van der Waals surface area (Å²) in [5.74, 6) is 0. The van der Waals surface area contributed by atoms with Crippen LogP contribution in [0.2, 0.25) is 0 Å². The predicted molar refractivity (Wildman–Crippen MR) is 114 cm³/mol. The lowest BCUT2D eigenvalue weighted by molar-refractivity contribution is -0.112. The molecule has 4 atom stereocenters. The maximum atomic E-state index is 10.4. The van der Waals surface area contributed by atoms with Crippen LogP contribution in [0, 0.1) is 6.92 Å². The average molecular weight is 403 g/mol. The lowest BCUT2D eigenvalue weighted by atomic mass is 10.0. The lowest BCUT2D eigenvalue weighted by Crippen LogP contribution is -2.49. The lowest BCUT2D eigenvalue weighted by Gasteiger charge is -2.30. The van der Waals surface area contributed by atoms with Crippen LogP contribution in [0.3, 0.4) is 0 Å². The van der Waals surface area contributed by atoms with E-state index in [1.54, 1.807) is 11.9 Å². The van der Waals surface area contributed by atoms with Gasteiger partial charge in [-0.1, -0.05) is 18.2 Å². The molecule has 0 bridgehead atoms. The zero-order valence-electron chi connectivity index (χ0n) is 16.8. The molecular weight excluding hydrogens is 374 g/mol. The second-order valence-corrected chi connectivity index (χ2v) is 7.61. The Hall–Kier alpha value is -2.36. The molecule has 3 rings (SSSR count). The van der Waals surface area contributed by atoms with E-state index in [9.17, 15) is 20.4 Å². The van der Waals surface area contributed by atoms with Gasteiger partial charge in [0.15, 0.2) is 0 Å². The number of aromatic nitrogens is 1. The summed E-state index contributed by atoms with van der Waals surface area (Å²) in [4.78, 5) is 1.78. The molecule has 0 fully saturated rings. The van der Waals surface area contributed by atoms with E-state index in [0.717, 1.165) is 33.1 Å². The van der Waals surface area contributed by atoms with Gasteiger partial charge in [-0.2, -0.15) is 0 Å². The van der Waals surface area contributed by atoms with Crippen molar-refractivity contribution < 1.29 is 25.5 Å². The SMILES string of the molecule is Cc1cc(N(C)CC(O)C(O)C(O)C(O)CO)c2c(c1N)c1ccccc1n2C. The first-order valence-electron chi connectivity index (χ1n) is 9.49. The molecule has 8 nitrogen and oxygen atoms in total. The zero-order valence-corrected chi connectivity index (χ0v) is 16.8. The molecule has 8 heteroatoms. The molecule has 158 valence electrons. The summed E-state index contributed by atoms with van der Waals surface area (Å²) in [7, 11) is 3.72. The van der Waals surface area contributed by atoms with Crippen LogP contribution in [0.1, 0.15) is 5.56 Å². The first kappa shape index (κ1) is 21.4. The average Bonchev–Trinajstić information content (AvgIpc) is 3.01. The molecule has 29 heavy (non-hydrogen) atoms. The van der Waals surface area contributed by atoms with E-state index in [1.165, 1.54) is 0 Å². The van der Waals surface area contributed by atoms with Gasteiger partial charge in [0.05, 0.1) is 23.9 Å². The highest BCUT2D eigenvalue weighted by Crippen LogP contribution is 2.39. The van der Waals surface area contributed by atoms with Gasteiger partial charge in [-0.15, -0.1) is 0 Å². The summed E-state index contributed by atoms with van der Waals surface area (Å²) >= 11 is 0. The molecule has 7 N–H and O–H groups in total. The van der Waals surface area contributed by atoms with E-state index in [4.69, 9.17) is 10.8 Å². The van der Waals surface area contributed by atoms with Gasteiger partial charge in [0.2, 0.25) is 0 Å². The molecule has 0 radical (unpaired) electrons. The summed E-state index contributed by atoms with van der Waals surface area (Å²) in [6, 6.07) is 9.87. The van der Waals surface area contributed by atoms with Crippen molar-refractivity contribution >= 4 is 33.2 Å². The Balaban J connectivity index is 2.02. The molecule has 1 aromatic heterocycles. The third-order valence-electron chi connectivity index (χ3n) is 5.59. The Bertz CT molecular complexity index is 1020. The van der Waals surface area contributed by atoms with Crippen LogP contribution in [0.25, 0.3) is 21.8 Å². The van der Waals surface area contributed by atoms with E-state index in [2.05, 4.69) is 0 Å². The van der Waals surface area contributed by atoms with Crippen LogP contribution in [0.5, 0.6) is 0 Å². The van der Waals surface area contributed by atoms with Crippen molar-refractivity contribution in [2.75, 3.05) is 30.8 Å². The number of aliphatic hydroxyl groups is 5. The summed E-state index contributed by atoms with van der Waals surface area (Å²) in [5.41, 5.74) is 10.7. The van der Waals surface area contributed by atoms with Gasteiger partial charge >= 0.3 is 0 Å². The normalized spacial score (nSPS) is 16.1. The molecule has 2 aromatic carbocycles. The molecule has 1 heterocycles. The van der Waals surface area contributed by atoms with Gasteiger partial charge in [-0.25, -0.2) is 0 Å². The van der Waals surface area contributed by atoms with Crippen LogP contribution in [0.4, 0.5) is 11.4 Å². The molecule has 0 aliphatic rings. The third-order valence-corrected chi connectivity index (χ3v) is 5.59. The van der Waals surface area contributed by atoms with Crippen molar-refractivity contribution in [3.05, 3.63) is 35.9 Å². The van der Waals surface area contributed by atoms with Crippen LogP contribution >= 0.6 is 0 Å². The van der Waals surface area contributed by atoms with E-state index < -0.39 is 31.0 Å². The number of anilines is 2. The fourth-order valence-corrected chi connectivity index (χ4v) is 3.86. The van der Waals surface area contributed by atoms with Gasteiger partial charge in [0.1, 0.15) is 18.3 Å². The molecule has 3 aromatic rings. The van der Waals surface area contributed by atoms with Crippen LogP contribution in [-0.2, 0) is 7.05 Å². The van der Waals surface area contributed by atoms with Gasteiger partial charge in [0.25, 0.3) is 0 Å². The fraction of sp³-hybridized carbons (Fsp3) is 0.429. The van der Waals surface area contributed by atoms with Gasteiger partial charge in [-0.05, 0) is 24.6 Å². The number of rotatable bonds is 7. The van der Waals surface area contributed by atoms with Gasteiger partial charge in [-0.3, -0.25) is 0 Å². The summed E-state index contributed by atoms with van der Waals surface area (Å²) in [6.07, 6.45) is -6.15. The minimum absolute atomic E-state index is 0.00361. The maximum Gasteiger partial charge on any atom is 0.111 e. The number of nitrogens with two attached hydrogens (primary N) is 1. The highest BCUT2D eigenvalue weighted by molar-refractivity contribution is 6.17. The number of fused-ring (bicyclic) bond motifs is 3. The van der Waals surface area contributed by atoms with Gasteiger partial charge < -0.3 is 40.7 Å². The molecular formula is C21H29N3O5. The molecule has 0 spiro atoms. The van der Waals surface area contributed by atoms with Crippen molar-refractivity contribution in [3.8, 4) is 0 Å². The third kappa shape index (κ3) is 3.65. The number of benzene rings is 2. The number of para-hydroxylation sites is 1. The van der Waals surface area contributed by atoms with Crippen LogP contribution in [0.15, 0.2) is 30.3 Å². The number of hydrogen-bond acceptors (Lipinski definition) is 7. The second-order valence-electron chi connectivity index (χ2n) is 7.61. The van der Waals surface area contributed by atoms with Crippen molar-refractivity contribution in [1.29, 1.82) is 0 Å². The topological polar surface area (TPSA) is 135 Å².